The van der Waals surface area contributed by atoms with Gasteiger partial charge in [0.25, 0.3) is 5.91 Å². The summed E-state index contributed by atoms with van der Waals surface area (Å²) in [6, 6.07) is 13.6. The maximum absolute atomic E-state index is 12.5. The van der Waals surface area contributed by atoms with E-state index in [0.29, 0.717) is 33.0 Å². The quantitative estimate of drug-likeness (QED) is 0.498. The van der Waals surface area contributed by atoms with E-state index in [1.165, 1.54) is 11.8 Å². The molecule has 1 aromatic heterocycles. The van der Waals surface area contributed by atoms with Gasteiger partial charge in [-0.3, -0.25) is 9.59 Å². The fourth-order valence-corrected chi connectivity index (χ4v) is 3.78. The first-order valence-corrected chi connectivity index (χ1v) is 10.8. The Hall–Kier alpha value is -3.04. The molecule has 2 amide bonds. The molecular formula is C21H22ClN5O3S. The SMILES string of the molecule is COc1cccc(NC(=O)CSc2nnc(C(C)NC(=O)c3ccccc3Cl)n2C)c1. The number of hydrogen-bond donors (Lipinski definition) is 2. The molecule has 0 aliphatic heterocycles. The van der Waals surface area contributed by atoms with Gasteiger partial charge < -0.3 is 19.9 Å². The second-order valence-electron chi connectivity index (χ2n) is 6.64. The number of halogens is 1. The molecular weight excluding hydrogens is 438 g/mol. The van der Waals surface area contributed by atoms with Gasteiger partial charge in [0.15, 0.2) is 11.0 Å². The third-order valence-corrected chi connectivity index (χ3v) is 5.76. The van der Waals surface area contributed by atoms with Crippen molar-refractivity contribution in [3.05, 3.63) is 64.9 Å². The van der Waals surface area contributed by atoms with Crippen LogP contribution in [0.5, 0.6) is 5.75 Å². The van der Waals surface area contributed by atoms with Crippen LogP contribution in [0.15, 0.2) is 53.7 Å². The number of benzene rings is 2. The molecule has 31 heavy (non-hydrogen) atoms. The summed E-state index contributed by atoms with van der Waals surface area (Å²) in [7, 11) is 3.36. The molecule has 3 aromatic rings. The van der Waals surface area contributed by atoms with Crippen LogP contribution in [0, 0.1) is 0 Å². The monoisotopic (exact) mass is 459 g/mol. The van der Waals surface area contributed by atoms with Crippen LogP contribution in [0.25, 0.3) is 0 Å². The van der Waals surface area contributed by atoms with Crippen molar-refractivity contribution in [3.8, 4) is 5.75 Å². The predicted octanol–water partition coefficient (Wildman–Crippen LogP) is 3.70. The van der Waals surface area contributed by atoms with E-state index in [0.717, 1.165) is 0 Å². The molecule has 162 valence electrons. The Morgan fingerprint density at radius 1 is 1.19 bits per heavy atom. The molecule has 0 spiro atoms. The van der Waals surface area contributed by atoms with Crippen molar-refractivity contribution >= 4 is 40.9 Å². The standard InChI is InChI=1S/C21H22ClN5O3S/c1-13(23-20(29)16-9-4-5-10-17(16)22)19-25-26-21(27(19)2)31-12-18(28)24-14-7-6-8-15(11-14)30-3/h4-11,13H,12H2,1-3H3,(H,23,29)(H,24,28). The Kier molecular flexibility index (Phi) is 7.54. The van der Waals surface area contributed by atoms with Crippen molar-refractivity contribution in [1.29, 1.82) is 0 Å². The molecule has 2 aromatic carbocycles. The van der Waals surface area contributed by atoms with E-state index < -0.39 is 6.04 Å². The summed E-state index contributed by atoms with van der Waals surface area (Å²) in [5.41, 5.74) is 1.04. The van der Waals surface area contributed by atoms with Gasteiger partial charge >= 0.3 is 0 Å². The van der Waals surface area contributed by atoms with E-state index >= 15 is 0 Å². The highest BCUT2D eigenvalue weighted by Crippen LogP contribution is 2.22. The summed E-state index contributed by atoms with van der Waals surface area (Å²) in [5, 5.41) is 14.9. The van der Waals surface area contributed by atoms with E-state index in [2.05, 4.69) is 20.8 Å². The normalized spacial score (nSPS) is 11.6. The van der Waals surface area contributed by atoms with E-state index in [4.69, 9.17) is 16.3 Å². The first-order chi connectivity index (χ1) is 14.9. The first-order valence-electron chi connectivity index (χ1n) is 9.40. The van der Waals surface area contributed by atoms with Crippen LogP contribution in [-0.2, 0) is 11.8 Å². The largest absolute Gasteiger partial charge is 0.497 e. The molecule has 0 bridgehead atoms. The molecule has 1 atom stereocenters. The fraction of sp³-hybridized carbons (Fsp3) is 0.238. The molecule has 8 nitrogen and oxygen atoms in total. The highest BCUT2D eigenvalue weighted by Gasteiger charge is 2.20. The first kappa shape index (κ1) is 22.6. The van der Waals surface area contributed by atoms with Gasteiger partial charge in [-0.05, 0) is 31.2 Å². The number of carbonyl (C=O) groups excluding carboxylic acids is 2. The van der Waals surface area contributed by atoms with Crippen LogP contribution in [0.2, 0.25) is 5.02 Å². The lowest BCUT2D eigenvalue weighted by atomic mass is 10.2. The molecule has 1 unspecified atom stereocenters. The van der Waals surface area contributed by atoms with Crippen molar-refractivity contribution in [2.45, 2.75) is 18.1 Å². The van der Waals surface area contributed by atoms with Crippen molar-refractivity contribution < 1.29 is 14.3 Å². The molecule has 0 saturated heterocycles. The summed E-state index contributed by atoms with van der Waals surface area (Å²) < 4.78 is 6.90. The maximum Gasteiger partial charge on any atom is 0.253 e. The average Bonchev–Trinajstić information content (AvgIpc) is 3.13. The Bertz CT molecular complexity index is 1090. The number of amides is 2. The number of nitrogens with one attached hydrogen (secondary N) is 2. The number of aromatic nitrogens is 3. The lowest BCUT2D eigenvalue weighted by Crippen LogP contribution is -2.28. The number of hydrogen-bond acceptors (Lipinski definition) is 6. The second kappa shape index (κ2) is 10.3. The molecule has 0 aliphatic carbocycles. The third kappa shape index (κ3) is 5.77. The number of carbonyl (C=O) groups is 2. The number of nitrogens with zero attached hydrogens (tertiary/aromatic N) is 3. The molecule has 0 radical (unpaired) electrons. The van der Waals surface area contributed by atoms with Crippen molar-refractivity contribution in [2.24, 2.45) is 7.05 Å². The molecule has 0 fully saturated rings. The van der Waals surface area contributed by atoms with Crippen LogP contribution in [0.4, 0.5) is 5.69 Å². The van der Waals surface area contributed by atoms with E-state index in [1.807, 2.05) is 6.92 Å². The number of anilines is 1. The highest BCUT2D eigenvalue weighted by molar-refractivity contribution is 7.99. The summed E-state index contributed by atoms with van der Waals surface area (Å²) in [6.45, 7) is 1.81. The Labute approximate surface area is 189 Å². The Morgan fingerprint density at radius 3 is 2.71 bits per heavy atom. The summed E-state index contributed by atoms with van der Waals surface area (Å²) >= 11 is 7.34. The minimum Gasteiger partial charge on any atom is -0.497 e. The average molecular weight is 460 g/mol. The van der Waals surface area contributed by atoms with Crippen LogP contribution in [0.3, 0.4) is 0 Å². The van der Waals surface area contributed by atoms with Gasteiger partial charge in [-0.25, -0.2) is 0 Å². The van der Waals surface area contributed by atoms with Crippen LogP contribution in [0.1, 0.15) is 29.1 Å². The Balaban J connectivity index is 1.58. The predicted molar refractivity (Wildman–Crippen MR) is 121 cm³/mol. The van der Waals surface area contributed by atoms with Gasteiger partial charge in [0.1, 0.15) is 5.75 Å². The zero-order valence-electron chi connectivity index (χ0n) is 17.3. The Morgan fingerprint density at radius 2 is 1.97 bits per heavy atom. The number of thioether (sulfide) groups is 1. The summed E-state index contributed by atoms with van der Waals surface area (Å²) in [6.07, 6.45) is 0. The zero-order chi connectivity index (χ0) is 22.4. The minimum absolute atomic E-state index is 0.156. The van der Waals surface area contributed by atoms with Gasteiger partial charge in [0.05, 0.1) is 29.5 Å². The lowest BCUT2D eigenvalue weighted by molar-refractivity contribution is -0.113. The fourth-order valence-electron chi connectivity index (χ4n) is 2.84. The molecule has 2 N–H and O–H groups in total. The van der Waals surface area contributed by atoms with Crippen LogP contribution in [-0.4, -0.2) is 39.4 Å². The van der Waals surface area contributed by atoms with Gasteiger partial charge in [-0.2, -0.15) is 0 Å². The molecule has 10 heteroatoms. The van der Waals surface area contributed by atoms with Crippen molar-refractivity contribution in [2.75, 3.05) is 18.2 Å². The van der Waals surface area contributed by atoms with Gasteiger partial charge in [0.2, 0.25) is 5.91 Å². The lowest BCUT2D eigenvalue weighted by Gasteiger charge is -2.14. The van der Waals surface area contributed by atoms with Crippen LogP contribution < -0.4 is 15.4 Å². The van der Waals surface area contributed by atoms with Gasteiger partial charge in [-0.1, -0.05) is 41.6 Å². The molecule has 1 heterocycles. The number of rotatable bonds is 8. The number of methoxy groups -OCH3 is 1. The van der Waals surface area contributed by atoms with Gasteiger partial charge in [0, 0.05) is 18.8 Å². The van der Waals surface area contributed by atoms with Crippen molar-refractivity contribution in [3.63, 3.8) is 0 Å². The van der Waals surface area contributed by atoms with E-state index in [-0.39, 0.29) is 17.6 Å². The maximum atomic E-state index is 12.5. The molecule has 0 aliphatic rings. The highest BCUT2D eigenvalue weighted by atomic mass is 35.5. The summed E-state index contributed by atoms with van der Waals surface area (Å²) in [5.74, 6) is 0.909. The van der Waals surface area contributed by atoms with Gasteiger partial charge in [-0.15, -0.1) is 10.2 Å². The number of ether oxygens (including phenoxy) is 1. The topological polar surface area (TPSA) is 98.1 Å². The van der Waals surface area contributed by atoms with Crippen molar-refractivity contribution in [1.82, 2.24) is 20.1 Å². The second-order valence-corrected chi connectivity index (χ2v) is 7.99. The zero-order valence-corrected chi connectivity index (χ0v) is 18.8. The van der Waals surface area contributed by atoms with Crippen LogP contribution >= 0.6 is 23.4 Å². The smallest absolute Gasteiger partial charge is 0.253 e. The van der Waals surface area contributed by atoms with E-state index in [1.54, 1.807) is 67.3 Å². The van der Waals surface area contributed by atoms with E-state index in [9.17, 15) is 9.59 Å². The minimum atomic E-state index is -0.402. The molecule has 0 saturated carbocycles. The third-order valence-electron chi connectivity index (χ3n) is 4.41. The summed E-state index contributed by atoms with van der Waals surface area (Å²) in [4.78, 5) is 24.8. The molecule has 3 rings (SSSR count).